The molecule has 2 aromatic rings. The molecule has 1 N–H and O–H groups in total. The van der Waals surface area contributed by atoms with Gasteiger partial charge in [-0.25, -0.2) is 0 Å². The van der Waals surface area contributed by atoms with E-state index in [2.05, 4.69) is 5.32 Å². The van der Waals surface area contributed by atoms with Crippen molar-refractivity contribution in [1.82, 2.24) is 0 Å². The Kier molecular flexibility index (Phi) is 4.41. The molecule has 0 amide bonds. The second-order valence-corrected chi connectivity index (χ2v) is 4.74. The van der Waals surface area contributed by atoms with Crippen molar-refractivity contribution in [3.63, 3.8) is 0 Å². The minimum Gasteiger partial charge on any atom is -0.346 e. The maximum absolute atomic E-state index is 12.5. The molecule has 2 aromatic carbocycles. The second-order valence-electron chi connectivity index (χ2n) is 4.33. The zero-order valence-electron chi connectivity index (χ0n) is 10.9. The fourth-order valence-electron chi connectivity index (χ4n) is 1.68. The van der Waals surface area contributed by atoms with Gasteiger partial charge < -0.3 is 5.32 Å². The summed E-state index contributed by atoms with van der Waals surface area (Å²) in [6.07, 6.45) is -4.40. The van der Waals surface area contributed by atoms with E-state index >= 15 is 0 Å². The molecule has 0 unspecified atom stereocenters. The summed E-state index contributed by atoms with van der Waals surface area (Å²) in [4.78, 5) is 10.2. The number of nitro groups is 1. The Morgan fingerprint density at radius 3 is 2.05 bits per heavy atom. The molecule has 0 heterocycles. The van der Waals surface area contributed by atoms with E-state index in [-0.39, 0.29) is 10.7 Å². The van der Waals surface area contributed by atoms with Gasteiger partial charge in [0.15, 0.2) is 0 Å². The van der Waals surface area contributed by atoms with Crippen LogP contribution in [-0.2, 0) is 6.18 Å². The second kappa shape index (κ2) is 6.10. The Morgan fingerprint density at radius 1 is 1.05 bits per heavy atom. The molecule has 0 saturated carbocycles. The van der Waals surface area contributed by atoms with Crippen LogP contribution in [0.3, 0.4) is 0 Å². The third kappa shape index (κ3) is 3.79. The molecule has 0 atom stereocenters. The number of nitrogens with one attached hydrogen (secondary N) is 1. The summed E-state index contributed by atoms with van der Waals surface area (Å²) in [6, 6.07) is 9.96. The van der Waals surface area contributed by atoms with Crippen LogP contribution in [0.5, 0.6) is 0 Å². The van der Waals surface area contributed by atoms with Gasteiger partial charge in [0.05, 0.1) is 10.5 Å². The van der Waals surface area contributed by atoms with Gasteiger partial charge in [-0.1, -0.05) is 24.4 Å². The first kappa shape index (κ1) is 15.9. The van der Waals surface area contributed by atoms with Gasteiger partial charge in [-0.3, -0.25) is 10.1 Å². The molecule has 2 rings (SSSR count). The number of alkyl halides is 3. The minimum absolute atomic E-state index is 0.0639. The molecular weight excluding hydrogens is 317 g/mol. The molecular formula is C14H9F3N2O2S. The van der Waals surface area contributed by atoms with Gasteiger partial charge in [0.1, 0.15) is 4.99 Å². The monoisotopic (exact) mass is 326 g/mol. The van der Waals surface area contributed by atoms with Crippen molar-refractivity contribution in [2.45, 2.75) is 6.18 Å². The van der Waals surface area contributed by atoms with Crippen LogP contribution in [0.2, 0.25) is 0 Å². The molecule has 8 heteroatoms. The van der Waals surface area contributed by atoms with Gasteiger partial charge in [0, 0.05) is 23.4 Å². The summed E-state index contributed by atoms with van der Waals surface area (Å²) in [5.74, 6) is 0. The number of nitro benzene ring substituents is 1. The third-order valence-corrected chi connectivity index (χ3v) is 3.15. The zero-order valence-corrected chi connectivity index (χ0v) is 11.7. The van der Waals surface area contributed by atoms with E-state index in [1.165, 1.54) is 36.4 Å². The first-order valence-electron chi connectivity index (χ1n) is 6.00. The van der Waals surface area contributed by atoms with Crippen LogP contribution in [0.1, 0.15) is 11.1 Å². The Balaban J connectivity index is 2.10. The molecule has 4 nitrogen and oxygen atoms in total. The van der Waals surface area contributed by atoms with Crippen LogP contribution in [0, 0.1) is 10.1 Å². The molecule has 22 heavy (non-hydrogen) atoms. The number of hydrogen-bond donors (Lipinski definition) is 1. The number of nitrogens with zero attached hydrogens (tertiary/aromatic N) is 1. The molecule has 0 fully saturated rings. The summed E-state index contributed by atoms with van der Waals surface area (Å²) in [6.45, 7) is 0. The van der Waals surface area contributed by atoms with Crippen molar-refractivity contribution >= 4 is 28.6 Å². The molecule has 0 aliphatic heterocycles. The first-order valence-corrected chi connectivity index (χ1v) is 6.41. The van der Waals surface area contributed by atoms with E-state index in [0.29, 0.717) is 11.3 Å². The Labute approximate surface area is 128 Å². The van der Waals surface area contributed by atoms with Gasteiger partial charge in [-0.05, 0) is 24.3 Å². The van der Waals surface area contributed by atoms with E-state index in [1.54, 1.807) is 0 Å². The summed E-state index contributed by atoms with van der Waals surface area (Å²) in [7, 11) is 0. The number of anilines is 1. The maximum Gasteiger partial charge on any atom is 0.416 e. The number of hydrogen-bond acceptors (Lipinski definition) is 3. The first-order chi connectivity index (χ1) is 10.3. The normalized spacial score (nSPS) is 11.0. The number of rotatable bonds is 3. The number of non-ortho nitro benzene ring substituents is 1. The maximum atomic E-state index is 12.5. The molecule has 0 bridgehead atoms. The summed E-state index contributed by atoms with van der Waals surface area (Å²) in [5.41, 5.74) is 0.109. The average Bonchev–Trinajstić information content (AvgIpc) is 2.47. The summed E-state index contributed by atoms with van der Waals surface area (Å²) >= 11 is 5.10. The van der Waals surface area contributed by atoms with E-state index in [9.17, 15) is 23.3 Å². The SMILES string of the molecule is O=[N+]([O-])c1ccc(NC(=S)c2ccc(C(F)(F)F)cc2)cc1. The van der Waals surface area contributed by atoms with Crippen LogP contribution >= 0.6 is 12.2 Å². The predicted octanol–water partition coefficient (Wildman–Crippen LogP) is 4.40. The fourth-order valence-corrected chi connectivity index (χ4v) is 1.93. The molecule has 114 valence electrons. The van der Waals surface area contributed by atoms with Crippen molar-refractivity contribution in [3.8, 4) is 0 Å². The lowest BCUT2D eigenvalue weighted by Gasteiger charge is -2.10. The lowest BCUT2D eigenvalue weighted by Crippen LogP contribution is -2.11. The van der Waals surface area contributed by atoms with Gasteiger partial charge in [-0.15, -0.1) is 0 Å². The standard InChI is InChI=1S/C14H9F3N2O2S/c15-14(16,17)10-3-1-9(2-4-10)13(22)18-11-5-7-12(8-6-11)19(20)21/h1-8H,(H,18,22). The lowest BCUT2D eigenvalue weighted by molar-refractivity contribution is -0.384. The molecule has 0 aliphatic carbocycles. The Bertz CT molecular complexity index is 698. The minimum atomic E-state index is -4.40. The number of thiocarbonyl (C=S) groups is 1. The van der Waals surface area contributed by atoms with E-state index in [0.717, 1.165) is 12.1 Å². The highest BCUT2D eigenvalue weighted by Gasteiger charge is 2.30. The quantitative estimate of drug-likeness (QED) is 0.516. The Hall–Kier alpha value is -2.48. The molecule has 0 saturated heterocycles. The van der Waals surface area contributed by atoms with Gasteiger partial charge in [-0.2, -0.15) is 13.2 Å². The predicted molar refractivity (Wildman–Crippen MR) is 79.9 cm³/mol. The highest BCUT2D eigenvalue weighted by molar-refractivity contribution is 7.81. The van der Waals surface area contributed by atoms with Crippen LogP contribution in [0.25, 0.3) is 0 Å². The van der Waals surface area contributed by atoms with Crippen molar-refractivity contribution in [2.24, 2.45) is 0 Å². The third-order valence-electron chi connectivity index (χ3n) is 2.81. The van der Waals surface area contributed by atoms with Gasteiger partial charge >= 0.3 is 6.18 Å². The number of benzene rings is 2. The Morgan fingerprint density at radius 2 is 1.59 bits per heavy atom. The molecule has 0 radical (unpaired) electrons. The summed E-state index contributed by atoms with van der Waals surface area (Å²) < 4.78 is 37.4. The van der Waals surface area contributed by atoms with Gasteiger partial charge in [0.2, 0.25) is 0 Å². The van der Waals surface area contributed by atoms with Crippen LogP contribution in [0.15, 0.2) is 48.5 Å². The molecule has 0 aliphatic rings. The lowest BCUT2D eigenvalue weighted by atomic mass is 10.1. The summed E-state index contributed by atoms with van der Waals surface area (Å²) in [5, 5.41) is 13.3. The van der Waals surface area contributed by atoms with Crippen molar-refractivity contribution in [1.29, 1.82) is 0 Å². The van der Waals surface area contributed by atoms with Crippen LogP contribution in [-0.4, -0.2) is 9.91 Å². The average molecular weight is 326 g/mol. The topological polar surface area (TPSA) is 55.2 Å². The van der Waals surface area contributed by atoms with Crippen molar-refractivity contribution in [2.75, 3.05) is 5.32 Å². The van der Waals surface area contributed by atoms with E-state index < -0.39 is 16.7 Å². The smallest absolute Gasteiger partial charge is 0.346 e. The highest BCUT2D eigenvalue weighted by Crippen LogP contribution is 2.29. The molecule has 0 spiro atoms. The highest BCUT2D eigenvalue weighted by atomic mass is 32.1. The van der Waals surface area contributed by atoms with Crippen LogP contribution < -0.4 is 5.32 Å². The fraction of sp³-hybridized carbons (Fsp3) is 0.0714. The van der Waals surface area contributed by atoms with Crippen molar-refractivity contribution in [3.05, 3.63) is 69.8 Å². The van der Waals surface area contributed by atoms with Crippen LogP contribution in [0.4, 0.5) is 24.5 Å². The van der Waals surface area contributed by atoms with Crippen molar-refractivity contribution < 1.29 is 18.1 Å². The molecule has 0 aromatic heterocycles. The van der Waals surface area contributed by atoms with Gasteiger partial charge in [0.25, 0.3) is 5.69 Å². The van der Waals surface area contributed by atoms with E-state index in [1.807, 2.05) is 0 Å². The zero-order chi connectivity index (χ0) is 16.3. The number of halogens is 3. The van der Waals surface area contributed by atoms with E-state index in [4.69, 9.17) is 12.2 Å². The largest absolute Gasteiger partial charge is 0.416 e.